The van der Waals surface area contributed by atoms with Crippen LogP contribution in [0, 0.1) is 6.92 Å². The number of rotatable bonds is 2. The molecule has 1 saturated heterocycles. The van der Waals surface area contributed by atoms with Crippen LogP contribution in [0.4, 0.5) is 5.82 Å². The van der Waals surface area contributed by atoms with Crippen LogP contribution < -0.4 is 5.32 Å². The van der Waals surface area contributed by atoms with Crippen LogP contribution >= 0.6 is 11.8 Å². The second kappa shape index (κ2) is 7.76. The Morgan fingerprint density at radius 2 is 1.89 bits per heavy atom. The number of nitrogens with zero attached hydrogens (tertiary/aromatic N) is 3. The van der Waals surface area contributed by atoms with Crippen molar-refractivity contribution in [2.24, 2.45) is 0 Å². The summed E-state index contributed by atoms with van der Waals surface area (Å²) in [5.74, 6) is 1.26. The number of aryl methyl sites for hydroxylation is 1. The highest BCUT2D eigenvalue weighted by Crippen LogP contribution is 2.36. The van der Waals surface area contributed by atoms with Crippen LogP contribution in [0.5, 0.6) is 0 Å². The molecule has 0 spiro atoms. The highest BCUT2D eigenvalue weighted by Gasteiger charge is 2.28. The first-order valence-corrected chi connectivity index (χ1v) is 10.6. The maximum Gasteiger partial charge on any atom is 0.315 e. The van der Waals surface area contributed by atoms with Gasteiger partial charge in [0.1, 0.15) is 5.82 Å². The van der Waals surface area contributed by atoms with Crippen LogP contribution in [0.15, 0.2) is 24.3 Å². The van der Waals surface area contributed by atoms with Crippen LogP contribution in [0.3, 0.4) is 0 Å². The fourth-order valence-corrected chi connectivity index (χ4v) is 4.70. The van der Waals surface area contributed by atoms with Crippen molar-refractivity contribution >= 4 is 29.4 Å². The maximum atomic E-state index is 12.7. The molecule has 7 heteroatoms. The van der Waals surface area contributed by atoms with Gasteiger partial charge in [-0.2, -0.15) is 16.9 Å². The first-order valence-electron chi connectivity index (χ1n) is 9.49. The van der Waals surface area contributed by atoms with Crippen LogP contribution in [-0.4, -0.2) is 39.6 Å². The Hall–Kier alpha value is -2.28. The number of amides is 2. The van der Waals surface area contributed by atoms with E-state index >= 15 is 0 Å². The van der Waals surface area contributed by atoms with E-state index in [1.54, 1.807) is 21.3 Å². The molecule has 1 aromatic carbocycles. The molecular formula is C20H24N4O2S. The van der Waals surface area contributed by atoms with Gasteiger partial charge in [-0.05, 0) is 37.5 Å². The normalized spacial score (nSPS) is 16.7. The molecule has 27 heavy (non-hydrogen) atoms. The number of benzene rings is 1. The Kier molecular flexibility index (Phi) is 5.20. The maximum absolute atomic E-state index is 12.7. The summed E-state index contributed by atoms with van der Waals surface area (Å²) in [5, 5.41) is 7.58. The van der Waals surface area contributed by atoms with E-state index in [0.717, 1.165) is 59.7 Å². The third-order valence-corrected chi connectivity index (χ3v) is 6.09. The molecule has 1 N–H and O–H groups in total. The van der Waals surface area contributed by atoms with Gasteiger partial charge in [-0.25, -0.2) is 4.68 Å². The van der Waals surface area contributed by atoms with Gasteiger partial charge in [-0.3, -0.25) is 9.59 Å². The van der Waals surface area contributed by atoms with Crippen molar-refractivity contribution in [3.8, 4) is 5.69 Å². The third kappa shape index (κ3) is 3.74. The van der Waals surface area contributed by atoms with Crippen molar-refractivity contribution in [2.75, 3.05) is 18.4 Å². The van der Waals surface area contributed by atoms with Crippen LogP contribution in [-0.2, 0) is 21.1 Å². The Balaban J connectivity index is 1.61. The Morgan fingerprint density at radius 3 is 2.63 bits per heavy atom. The molecule has 1 aromatic heterocycles. The molecule has 0 bridgehead atoms. The lowest BCUT2D eigenvalue weighted by atomic mass is 10.2. The van der Waals surface area contributed by atoms with Gasteiger partial charge in [0.05, 0.1) is 11.4 Å². The number of nitrogens with one attached hydrogen (secondary N) is 1. The summed E-state index contributed by atoms with van der Waals surface area (Å²) in [4.78, 5) is 27.1. The third-order valence-electron chi connectivity index (χ3n) is 5.12. The molecule has 142 valence electrons. The minimum atomic E-state index is -0.564. The van der Waals surface area contributed by atoms with Crippen molar-refractivity contribution in [3.63, 3.8) is 0 Å². The molecule has 0 unspecified atom stereocenters. The van der Waals surface area contributed by atoms with Crippen molar-refractivity contribution in [2.45, 2.75) is 44.1 Å². The van der Waals surface area contributed by atoms with Crippen molar-refractivity contribution < 1.29 is 9.59 Å². The highest BCUT2D eigenvalue weighted by atomic mass is 32.2. The van der Waals surface area contributed by atoms with Gasteiger partial charge in [0, 0.05) is 30.2 Å². The van der Waals surface area contributed by atoms with E-state index in [1.165, 1.54) is 0 Å². The molecule has 4 rings (SSSR count). The summed E-state index contributed by atoms with van der Waals surface area (Å²) in [6.45, 7) is 3.35. The lowest BCUT2D eigenvalue weighted by molar-refractivity contribution is -0.143. The first-order chi connectivity index (χ1) is 13.1. The molecule has 0 aliphatic carbocycles. The van der Waals surface area contributed by atoms with E-state index < -0.39 is 11.8 Å². The Labute approximate surface area is 163 Å². The molecule has 2 aromatic rings. The fourth-order valence-electron chi connectivity index (χ4n) is 3.67. The lowest BCUT2D eigenvalue weighted by Crippen LogP contribution is -2.40. The van der Waals surface area contributed by atoms with Gasteiger partial charge in [0.25, 0.3) is 0 Å². The Morgan fingerprint density at radius 1 is 1.11 bits per heavy atom. The second-order valence-electron chi connectivity index (χ2n) is 7.18. The highest BCUT2D eigenvalue weighted by molar-refractivity contribution is 7.98. The topological polar surface area (TPSA) is 67.2 Å². The summed E-state index contributed by atoms with van der Waals surface area (Å²) in [6, 6.07) is 7.99. The zero-order valence-corrected chi connectivity index (χ0v) is 16.3. The number of hydrogen-bond acceptors (Lipinski definition) is 4. The molecule has 0 saturated carbocycles. The number of anilines is 1. The first kappa shape index (κ1) is 18.1. The average Bonchev–Trinajstić information content (AvgIpc) is 3.13. The summed E-state index contributed by atoms with van der Waals surface area (Å²) in [5.41, 5.74) is 4.03. The number of likely N-dealkylation sites (tertiary alicyclic amines) is 1. The van der Waals surface area contributed by atoms with E-state index in [-0.39, 0.29) is 0 Å². The predicted octanol–water partition coefficient (Wildman–Crippen LogP) is 3.27. The zero-order chi connectivity index (χ0) is 18.8. The zero-order valence-electron chi connectivity index (χ0n) is 15.5. The quantitative estimate of drug-likeness (QED) is 0.807. The molecule has 6 nitrogen and oxygen atoms in total. The summed E-state index contributed by atoms with van der Waals surface area (Å²) in [7, 11) is 0. The van der Waals surface area contributed by atoms with E-state index in [2.05, 4.69) is 5.32 Å². The average molecular weight is 385 g/mol. The van der Waals surface area contributed by atoms with Crippen LogP contribution in [0.1, 0.15) is 42.5 Å². The molecule has 1 fully saturated rings. The van der Waals surface area contributed by atoms with Gasteiger partial charge >= 0.3 is 11.8 Å². The number of aromatic nitrogens is 2. The Bertz CT molecular complexity index is 869. The molecule has 2 aliphatic heterocycles. The molecule has 3 heterocycles. The molecule has 0 atom stereocenters. The summed E-state index contributed by atoms with van der Waals surface area (Å²) in [6.07, 6.45) is 4.17. The van der Waals surface area contributed by atoms with E-state index in [9.17, 15) is 9.59 Å². The SMILES string of the molecule is Cc1cccc(-n2nc3c(c2NC(=O)C(=O)N2CCCCCC2)CSC3)c1. The molecule has 2 amide bonds. The van der Waals surface area contributed by atoms with Gasteiger partial charge < -0.3 is 10.2 Å². The number of fused-ring (bicyclic) bond motifs is 1. The van der Waals surface area contributed by atoms with E-state index in [0.29, 0.717) is 18.9 Å². The standard InChI is InChI=1S/C20H24N4O2S/c1-14-7-6-8-15(11-14)24-18(16-12-27-13-17(16)22-24)21-19(25)20(26)23-9-4-2-3-5-10-23/h6-8,11H,2-5,9-10,12-13H2,1H3,(H,21,25). The van der Waals surface area contributed by atoms with E-state index in [1.807, 2.05) is 31.2 Å². The summed E-state index contributed by atoms with van der Waals surface area (Å²) >= 11 is 1.77. The van der Waals surface area contributed by atoms with E-state index in [4.69, 9.17) is 5.10 Å². The second-order valence-corrected chi connectivity index (χ2v) is 8.16. The van der Waals surface area contributed by atoms with Gasteiger partial charge in [-0.15, -0.1) is 0 Å². The van der Waals surface area contributed by atoms with Gasteiger partial charge in [0.2, 0.25) is 0 Å². The van der Waals surface area contributed by atoms with Crippen molar-refractivity contribution in [1.29, 1.82) is 0 Å². The predicted molar refractivity (Wildman–Crippen MR) is 107 cm³/mol. The van der Waals surface area contributed by atoms with Crippen molar-refractivity contribution in [1.82, 2.24) is 14.7 Å². The molecule has 2 aliphatic rings. The number of thioether (sulfide) groups is 1. The number of carbonyl (C=O) groups excluding carboxylic acids is 2. The lowest BCUT2D eigenvalue weighted by Gasteiger charge is -2.20. The monoisotopic (exact) mass is 384 g/mol. The summed E-state index contributed by atoms with van der Waals surface area (Å²) < 4.78 is 1.77. The number of carbonyl (C=O) groups is 2. The minimum Gasteiger partial charge on any atom is -0.334 e. The largest absolute Gasteiger partial charge is 0.334 e. The van der Waals surface area contributed by atoms with Crippen molar-refractivity contribution in [3.05, 3.63) is 41.1 Å². The van der Waals surface area contributed by atoms with Gasteiger partial charge in [0.15, 0.2) is 0 Å². The smallest absolute Gasteiger partial charge is 0.315 e. The molecular weight excluding hydrogens is 360 g/mol. The number of hydrogen-bond donors (Lipinski definition) is 1. The fraction of sp³-hybridized carbons (Fsp3) is 0.450. The molecule has 0 radical (unpaired) electrons. The van der Waals surface area contributed by atoms with Crippen LogP contribution in [0.2, 0.25) is 0 Å². The van der Waals surface area contributed by atoms with Crippen LogP contribution in [0.25, 0.3) is 5.69 Å². The van der Waals surface area contributed by atoms with Gasteiger partial charge in [-0.1, -0.05) is 25.0 Å². The minimum absolute atomic E-state index is 0.437.